The number of nitrogens with zero attached hydrogens (tertiary/aromatic N) is 2. The van der Waals surface area contributed by atoms with Crippen LogP contribution >= 0.6 is 0 Å². The van der Waals surface area contributed by atoms with Gasteiger partial charge in [-0.05, 0) is 53.1 Å². The van der Waals surface area contributed by atoms with Crippen molar-refractivity contribution in [3.05, 3.63) is 0 Å². The number of aliphatic hydroxyl groups excluding tert-OH is 1. The van der Waals surface area contributed by atoms with Crippen LogP contribution in [0.3, 0.4) is 0 Å². The Kier molecular flexibility index (Phi) is 9.15. The van der Waals surface area contributed by atoms with Crippen LogP contribution in [0.5, 0.6) is 0 Å². The summed E-state index contributed by atoms with van der Waals surface area (Å²) in [6.45, 7) is 7.58. The van der Waals surface area contributed by atoms with Crippen molar-refractivity contribution in [3.8, 4) is 0 Å². The predicted octanol–water partition coefficient (Wildman–Crippen LogP) is 1.44. The molecule has 2 aliphatic rings. The number of rotatable bonds is 9. The van der Waals surface area contributed by atoms with E-state index in [-0.39, 0.29) is 30.4 Å². The molecule has 2 fully saturated rings. The quantitative estimate of drug-likeness (QED) is 0.611. The molecule has 0 radical (unpaired) electrons. The third-order valence-electron chi connectivity index (χ3n) is 6.37. The second-order valence-electron chi connectivity index (χ2n) is 8.88. The number of nitrogens with one attached hydrogen (secondary N) is 1. The molecule has 7 nitrogen and oxygen atoms in total. The van der Waals surface area contributed by atoms with E-state index in [4.69, 9.17) is 9.47 Å². The van der Waals surface area contributed by atoms with Gasteiger partial charge in [-0.2, -0.15) is 0 Å². The molecule has 1 amide bonds. The molecule has 2 saturated heterocycles. The van der Waals surface area contributed by atoms with Gasteiger partial charge in [0.05, 0.1) is 24.3 Å². The van der Waals surface area contributed by atoms with Gasteiger partial charge in [-0.1, -0.05) is 13.3 Å². The lowest BCUT2D eigenvalue weighted by atomic mass is 9.99. The van der Waals surface area contributed by atoms with Gasteiger partial charge in [0.1, 0.15) is 0 Å². The molecule has 0 bridgehead atoms. The van der Waals surface area contributed by atoms with Crippen molar-refractivity contribution in [2.45, 2.75) is 89.5 Å². The van der Waals surface area contributed by atoms with E-state index in [1.807, 2.05) is 7.05 Å². The number of amides is 1. The number of carbonyl (C=O) groups is 1. The summed E-state index contributed by atoms with van der Waals surface area (Å²) in [7, 11) is 5.75. The molecular formula is C21H41N3O4. The van der Waals surface area contributed by atoms with Crippen molar-refractivity contribution in [3.63, 3.8) is 0 Å². The molecule has 0 spiro atoms. The lowest BCUT2D eigenvalue weighted by Crippen LogP contribution is -2.55. The number of aliphatic hydroxyl groups is 1. The highest BCUT2D eigenvalue weighted by atomic mass is 16.7. The van der Waals surface area contributed by atoms with Crippen molar-refractivity contribution in [2.24, 2.45) is 5.92 Å². The molecule has 2 aliphatic heterocycles. The van der Waals surface area contributed by atoms with Gasteiger partial charge in [0.25, 0.3) is 0 Å². The number of methoxy groups -OCH3 is 1. The lowest BCUT2D eigenvalue weighted by molar-refractivity contribution is -0.190. The maximum Gasteiger partial charge on any atom is 0.237 e. The van der Waals surface area contributed by atoms with Gasteiger partial charge in [-0.15, -0.1) is 0 Å². The molecule has 2 heterocycles. The molecule has 0 unspecified atom stereocenters. The van der Waals surface area contributed by atoms with Crippen LogP contribution in [-0.4, -0.2) is 91.7 Å². The molecule has 164 valence electrons. The van der Waals surface area contributed by atoms with Gasteiger partial charge in [-0.25, -0.2) is 0 Å². The second-order valence-corrected chi connectivity index (χ2v) is 8.88. The van der Waals surface area contributed by atoms with Gasteiger partial charge < -0.3 is 24.8 Å². The van der Waals surface area contributed by atoms with Crippen LogP contribution < -0.4 is 5.32 Å². The second kappa shape index (κ2) is 10.9. The monoisotopic (exact) mass is 399 g/mol. The molecule has 28 heavy (non-hydrogen) atoms. The SMILES string of the molecule is CCC[C@@H]1C[C@@H](C(=O)N[C@@H](CN(C)[C@@H]2C[C@H](OC)O[C@H](C)C2)[C@H](C)O)N(C)C1. The summed E-state index contributed by atoms with van der Waals surface area (Å²) in [5.74, 6) is 0.628. The zero-order valence-corrected chi connectivity index (χ0v) is 18.6. The third-order valence-corrected chi connectivity index (χ3v) is 6.37. The summed E-state index contributed by atoms with van der Waals surface area (Å²) in [4.78, 5) is 17.3. The number of carbonyl (C=O) groups excluding carboxylic acids is 1. The standard InChI is InChI=1S/C21H41N3O4/c1-7-8-16-10-19(24(5)12-16)21(26)22-18(15(3)25)13-23(4)17-9-14(2)28-20(11-17)27-6/h14-20,25H,7-13H2,1-6H3,(H,22,26)/t14-,15+,16-,17+,18+,19+,20-/m1/s1. The lowest BCUT2D eigenvalue weighted by Gasteiger charge is -2.39. The van der Waals surface area contributed by atoms with Crippen molar-refractivity contribution in [2.75, 3.05) is 34.3 Å². The van der Waals surface area contributed by atoms with E-state index in [1.54, 1.807) is 14.0 Å². The molecular weight excluding hydrogens is 358 g/mol. The Balaban J connectivity index is 1.93. The Labute approximate surface area is 170 Å². The van der Waals surface area contributed by atoms with E-state index in [0.717, 1.165) is 32.2 Å². The molecule has 2 rings (SSSR count). The van der Waals surface area contributed by atoms with Crippen LogP contribution in [0.2, 0.25) is 0 Å². The van der Waals surface area contributed by atoms with Crippen LogP contribution in [0, 0.1) is 5.92 Å². The first-order valence-corrected chi connectivity index (χ1v) is 10.8. The number of ether oxygens (including phenoxy) is 2. The normalized spacial score (nSPS) is 33.8. The summed E-state index contributed by atoms with van der Waals surface area (Å²) in [6.07, 6.45) is 4.26. The van der Waals surface area contributed by atoms with Crippen LogP contribution in [0.4, 0.5) is 0 Å². The van der Waals surface area contributed by atoms with E-state index >= 15 is 0 Å². The number of hydrogen-bond donors (Lipinski definition) is 2. The van der Waals surface area contributed by atoms with Gasteiger partial charge in [0.15, 0.2) is 6.29 Å². The van der Waals surface area contributed by atoms with Gasteiger partial charge in [-0.3, -0.25) is 9.69 Å². The highest BCUT2D eigenvalue weighted by Gasteiger charge is 2.36. The van der Waals surface area contributed by atoms with Crippen LogP contribution in [-0.2, 0) is 14.3 Å². The Morgan fingerprint density at radius 3 is 2.71 bits per heavy atom. The number of hydrogen-bond acceptors (Lipinski definition) is 6. The van der Waals surface area contributed by atoms with Crippen molar-refractivity contribution in [1.29, 1.82) is 0 Å². The third kappa shape index (κ3) is 6.39. The highest BCUT2D eigenvalue weighted by Crippen LogP contribution is 2.26. The molecule has 0 aliphatic carbocycles. The Bertz CT molecular complexity index is 490. The van der Waals surface area contributed by atoms with Crippen LogP contribution in [0.15, 0.2) is 0 Å². The average Bonchev–Trinajstić information content (AvgIpc) is 3.01. The maximum atomic E-state index is 12.9. The molecule has 7 atom stereocenters. The fourth-order valence-electron chi connectivity index (χ4n) is 4.67. The zero-order chi connectivity index (χ0) is 20.8. The van der Waals surface area contributed by atoms with Crippen LogP contribution in [0.1, 0.15) is 52.9 Å². The zero-order valence-electron chi connectivity index (χ0n) is 18.6. The highest BCUT2D eigenvalue weighted by molar-refractivity contribution is 5.82. The number of likely N-dealkylation sites (N-methyl/N-ethyl adjacent to an activating group) is 2. The Morgan fingerprint density at radius 1 is 1.39 bits per heavy atom. The summed E-state index contributed by atoms with van der Waals surface area (Å²) >= 11 is 0. The molecule has 0 aromatic carbocycles. The van der Waals surface area contributed by atoms with Crippen molar-refractivity contribution >= 4 is 5.91 Å². The van der Waals surface area contributed by atoms with Gasteiger partial charge >= 0.3 is 0 Å². The summed E-state index contributed by atoms with van der Waals surface area (Å²) in [6, 6.07) is -0.0886. The first-order chi connectivity index (χ1) is 13.2. The smallest absolute Gasteiger partial charge is 0.237 e. The molecule has 0 aromatic heterocycles. The molecule has 0 aromatic rings. The fourth-order valence-corrected chi connectivity index (χ4v) is 4.67. The van der Waals surface area contributed by atoms with E-state index in [1.165, 1.54) is 6.42 Å². The van der Waals surface area contributed by atoms with Crippen LogP contribution in [0.25, 0.3) is 0 Å². The molecule has 7 heteroatoms. The van der Waals surface area contributed by atoms with Gasteiger partial charge in [0, 0.05) is 32.7 Å². The van der Waals surface area contributed by atoms with E-state index in [9.17, 15) is 9.90 Å². The molecule has 2 N–H and O–H groups in total. The summed E-state index contributed by atoms with van der Waals surface area (Å²) in [5, 5.41) is 13.4. The minimum absolute atomic E-state index is 0.0375. The van der Waals surface area contributed by atoms with E-state index in [0.29, 0.717) is 18.5 Å². The van der Waals surface area contributed by atoms with E-state index in [2.05, 4.69) is 36.0 Å². The van der Waals surface area contributed by atoms with Crippen molar-refractivity contribution in [1.82, 2.24) is 15.1 Å². The van der Waals surface area contributed by atoms with Crippen molar-refractivity contribution < 1.29 is 19.4 Å². The minimum atomic E-state index is -0.611. The summed E-state index contributed by atoms with van der Waals surface area (Å²) in [5.41, 5.74) is 0. The topological polar surface area (TPSA) is 74.3 Å². The Hall–Kier alpha value is -0.730. The fraction of sp³-hybridized carbons (Fsp3) is 0.952. The largest absolute Gasteiger partial charge is 0.391 e. The van der Waals surface area contributed by atoms with Gasteiger partial charge in [0.2, 0.25) is 5.91 Å². The summed E-state index contributed by atoms with van der Waals surface area (Å²) < 4.78 is 11.2. The Morgan fingerprint density at radius 2 is 2.11 bits per heavy atom. The minimum Gasteiger partial charge on any atom is -0.391 e. The average molecular weight is 400 g/mol. The molecule has 0 saturated carbocycles. The first-order valence-electron chi connectivity index (χ1n) is 10.8. The predicted molar refractivity (Wildman–Crippen MR) is 110 cm³/mol. The maximum absolute atomic E-state index is 12.9. The number of likely N-dealkylation sites (tertiary alicyclic amines) is 1. The van der Waals surface area contributed by atoms with E-state index < -0.39 is 6.10 Å². The first kappa shape index (κ1) is 23.5.